The highest BCUT2D eigenvalue weighted by molar-refractivity contribution is 5.97. The van der Waals surface area contributed by atoms with Crippen LogP contribution in [0.3, 0.4) is 0 Å². The summed E-state index contributed by atoms with van der Waals surface area (Å²) in [7, 11) is 0. The molecule has 0 spiro atoms. The Morgan fingerprint density at radius 2 is 1.71 bits per heavy atom. The van der Waals surface area contributed by atoms with E-state index in [9.17, 15) is 18.0 Å². The van der Waals surface area contributed by atoms with Gasteiger partial charge in [-0.15, -0.1) is 0 Å². The summed E-state index contributed by atoms with van der Waals surface area (Å²) in [6, 6.07) is 12.1. The molecule has 0 radical (unpaired) electrons. The van der Waals surface area contributed by atoms with Gasteiger partial charge < -0.3 is 15.4 Å². The van der Waals surface area contributed by atoms with Gasteiger partial charge in [0.2, 0.25) is 0 Å². The van der Waals surface area contributed by atoms with Crippen LogP contribution in [0.5, 0.6) is 5.75 Å². The average Bonchev–Trinajstić information content (AvgIpc) is 2.60. The number of rotatable bonds is 7. The first-order valence-electron chi connectivity index (χ1n) is 9.04. The van der Waals surface area contributed by atoms with E-state index < -0.39 is 24.7 Å². The van der Waals surface area contributed by atoms with Gasteiger partial charge in [-0.05, 0) is 49.1 Å². The van der Waals surface area contributed by atoms with E-state index in [-0.39, 0.29) is 17.3 Å². The van der Waals surface area contributed by atoms with Crippen molar-refractivity contribution in [3.8, 4) is 5.75 Å². The molecule has 0 aliphatic rings. The standard InChI is InChI=1S/C21H25F3N2O2/c1-13(2)16-10-9-14(3)11-19(16)28-15(4)20(27)26-18-8-6-5-7-17(18)25-12-21(22,23)24/h5-11,13,15,25H,12H2,1-4H3,(H,26,27). The van der Waals surface area contributed by atoms with E-state index in [2.05, 4.69) is 10.6 Å². The third-order valence-electron chi connectivity index (χ3n) is 4.13. The number of carbonyl (C=O) groups excluding carboxylic acids is 1. The van der Waals surface area contributed by atoms with Crippen LogP contribution in [0.2, 0.25) is 0 Å². The van der Waals surface area contributed by atoms with E-state index >= 15 is 0 Å². The van der Waals surface area contributed by atoms with Gasteiger partial charge in [-0.1, -0.05) is 38.1 Å². The Bertz CT molecular complexity index is 820. The fourth-order valence-corrected chi connectivity index (χ4v) is 2.64. The van der Waals surface area contributed by atoms with E-state index in [1.165, 1.54) is 12.1 Å². The second kappa shape index (κ2) is 8.99. The Kier molecular flexibility index (Phi) is 6.94. The Labute approximate surface area is 163 Å². The molecular formula is C21H25F3N2O2. The molecule has 0 aliphatic heterocycles. The SMILES string of the molecule is Cc1ccc(C(C)C)c(OC(C)C(=O)Nc2ccccc2NCC(F)(F)F)c1. The van der Waals surface area contributed by atoms with Crippen LogP contribution in [-0.2, 0) is 4.79 Å². The smallest absolute Gasteiger partial charge is 0.405 e. The zero-order valence-electron chi connectivity index (χ0n) is 16.4. The lowest BCUT2D eigenvalue weighted by Crippen LogP contribution is -2.31. The molecule has 0 aromatic heterocycles. The summed E-state index contributed by atoms with van der Waals surface area (Å²) in [5.74, 6) is 0.400. The largest absolute Gasteiger partial charge is 0.481 e. The monoisotopic (exact) mass is 394 g/mol. The summed E-state index contributed by atoms with van der Waals surface area (Å²) in [6.07, 6.45) is -5.18. The van der Waals surface area contributed by atoms with Gasteiger partial charge in [-0.2, -0.15) is 13.2 Å². The maximum atomic E-state index is 12.6. The molecule has 0 saturated carbocycles. The minimum atomic E-state index is -4.36. The lowest BCUT2D eigenvalue weighted by atomic mass is 10.0. The number of amides is 1. The Morgan fingerprint density at radius 1 is 1.07 bits per heavy atom. The zero-order valence-corrected chi connectivity index (χ0v) is 16.4. The van der Waals surface area contributed by atoms with E-state index in [0.717, 1.165) is 11.1 Å². The molecule has 1 atom stereocenters. The summed E-state index contributed by atoms with van der Waals surface area (Å²) in [5.41, 5.74) is 2.45. The van der Waals surface area contributed by atoms with Crippen molar-refractivity contribution < 1.29 is 22.7 Å². The van der Waals surface area contributed by atoms with Gasteiger partial charge in [-0.3, -0.25) is 4.79 Å². The normalized spacial score (nSPS) is 12.6. The fourth-order valence-electron chi connectivity index (χ4n) is 2.64. The van der Waals surface area contributed by atoms with E-state index in [1.54, 1.807) is 19.1 Å². The number of anilines is 2. The number of hydrogen-bond acceptors (Lipinski definition) is 3. The van der Waals surface area contributed by atoms with Crippen LogP contribution >= 0.6 is 0 Å². The minimum absolute atomic E-state index is 0.193. The molecule has 0 fully saturated rings. The Balaban J connectivity index is 2.11. The topological polar surface area (TPSA) is 50.4 Å². The van der Waals surface area contributed by atoms with Gasteiger partial charge in [0.05, 0.1) is 11.4 Å². The molecule has 28 heavy (non-hydrogen) atoms. The molecular weight excluding hydrogens is 369 g/mol. The van der Waals surface area contributed by atoms with E-state index in [1.807, 2.05) is 39.0 Å². The fraction of sp³-hybridized carbons (Fsp3) is 0.381. The zero-order chi connectivity index (χ0) is 20.9. The number of halogens is 3. The third kappa shape index (κ3) is 6.18. The lowest BCUT2D eigenvalue weighted by molar-refractivity contribution is -0.122. The quantitative estimate of drug-likeness (QED) is 0.652. The first kappa shape index (κ1) is 21.6. The molecule has 7 heteroatoms. The van der Waals surface area contributed by atoms with Gasteiger partial charge in [0.25, 0.3) is 5.91 Å². The molecule has 0 heterocycles. The van der Waals surface area contributed by atoms with E-state index in [0.29, 0.717) is 5.75 Å². The van der Waals surface area contributed by atoms with Crippen molar-refractivity contribution in [2.24, 2.45) is 0 Å². The maximum absolute atomic E-state index is 12.6. The lowest BCUT2D eigenvalue weighted by Gasteiger charge is -2.20. The first-order valence-corrected chi connectivity index (χ1v) is 9.04. The Morgan fingerprint density at radius 3 is 2.32 bits per heavy atom. The van der Waals surface area contributed by atoms with Crippen molar-refractivity contribution >= 4 is 17.3 Å². The summed E-state index contributed by atoms with van der Waals surface area (Å²) < 4.78 is 43.3. The number of aryl methyl sites for hydroxylation is 1. The molecule has 0 aliphatic carbocycles. The number of carbonyl (C=O) groups is 1. The van der Waals surface area contributed by atoms with Crippen LogP contribution in [0, 0.1) is 6.92 Å². The average molecular weight is 394 g/mol. The second-order valence-electron chi connectivity index (χ2n) is 6.96. The van der Waals surface area contributed by atoms with Gasteiger partial charge in [0, 0.05) is 0 Å². The first-order chi connectivity index (χ1) is 13.1. The van der Waals surface area contributed by atoms with Crippen LogP contribution in [0.1, 0.15) is 37.8 Å². The predicted molar refractivity (Wildman–Crippen MR) is 105 cm³/mol. The third-order valence-corrected chi connectivity index (χ3v) is 4.13. The summed E-state index contributed by atoms with van der Waals surface area (Å²) in [5, 5.41) is 4.93. The summed E-state index contributed by atoms with van der Waals surface area (Å²) in [6.45, 7) is 6.42. The molecule has 4 nitrogen and oxygen atoms in total. The minimum Gasteiger partial charge on any atom is -0.481 e. The number of ether oxygens (including phenoxy) is 1. The van der Waals surface area contributed by atoms with Gasteiger partial charge in [0.1, 0.15) is 12.3 Å². The van der Waals surface area contributed by atoms with Crippen molar-refractivity contribution in [3.63, 3.8) is 0 Å². The van der Waals surface area contributed by atoms with Crippen LogP contribution < -0.4 is 15.4 Å². The van der Waals surface area contributed by atoms with Crippen LogP contribution in [0.25, 0.3) is 0 Å². The summed E-state index contributed by atoms with van der Waals surface area (Å²) >= 11 is 0. The molecule has 0 bridgehead atoms. The van der Waals surface area contributed by atoms with Crippen LogP contribution in [-0.4, -0.2) is 24.7 Å². The predicted octanol–water partition coefficient (Wildman–Crippen LogP) is 5.50. The van der Waals surface area contributed by atoms with Gasteiger partial charge >= 0.3 is 6.18 Å². The van der Waals surface area contributed by atoms with Crippen molar-refractivity contribution in [3.05, 3.63) is 53.6 Å². The number of nitrogens with one attached hydrogen (secondary N) is 2. The highest BCUT2D eigenvalue weighted by atomic mass is 19.4. The molecule has 2 aromatic carbocycles. The highest BCUT2D eigenvalue weighted by Crippen LogP contribution is 2.29. The number of para-hydroxylation sites is 2. The van der Waals surface area contributed by atoms with Crippen LogP contribution in [0.15, 0.2) is 42.5 Å². The van der Waals surface area contributed by atoms with Gasteiger partial charge in [-0.25, -0.2) is 0 Å². The maximum Gasteiger partial charge on any atom is 0.405 e. The second-order valence-corrected chi connectivity index (χ2v) is 6.96. The molecule has 0 saturated heterocycles. The highest BCUT2D eigenvalue weighted by Gasteiger charge is 2.27. The molecule has 2 rings (SSSR count). The van der Waals surface area contributed by atoms with Crippen molar-refractivity contribution in [2.45, 2.75) is 45.9 Å². The molecule has 2 N–H and O–H groups in total. The molecule has 2 aromatic rings. The number of benzene rings is 2. The Hall–Kier alpha value is -2.70. The number of hydrogen-bond donors (Lipinski definition) is 2. The number of alkyl halides is 3. The van der Waals surface area contributed by atoms with Gasteiger partial charge in [0.15, 0.2) is 6.10 Å². The molecule has 152 valence electrons. The molecule has 1 unspecified atom stereocenters. The summed E-state index contributed by atoms with van der Waals surface area (Å²) in [4.78, 5) is 12.6. The van der Waals surface area contributed by atoms with Crippen molar-refractivity contribution in [1.29, 1.82) is 0 Å². The van der Waals surface area contributed by atoms with E-state index in [4.69, 9.17) is 4.74 Å². The molecule has 1 amide bonds. The van der Waals surface area contributed by atoms with Crippen LogP contribution in [0.4, 0.5) is 24.5 Å². The van der Waals surface area contributed by atoms with Crippen molar-refractivity contribution in [2.75, 3.05) is 17.2 Å². The van der Waals surface area contributed by atoms with Crippen molar-refractivity contribution in [1.82, 2.24) is 0 Å².